The Labute approximate surface area is 140 Å². The molecule has 3 rings (SSSR count). The van der Waals surface area contributed by atoms with Crippen molar-refractivity contribution in [1.82, 2.24) is 15.0 Å². The predicted molar refractivity (Wildman–Crippen MR) is 94.0 cm³/mol. The monoisotopic (exact) mass is 346 g/mol. The number of hydrogen-bond acceptors (Lipinski definition) is 6. The van der Waals surface area contributed by atoms with Crippen LogP contribution in [0.5, 0.6) is 0 Å². The number of hydrogen-bond donors (Lipinski definition) is 2. The van der Waals surface area contributed by atoms with Crippen LogP contribution < -0.4 is 10.9 Å². The zero-order valence-corrected chi connectivity index (χ0v) is 14.0. The molecule has 118 valence electrons. The summed E-state index contributed by atoms with van der Waals surface area (Å²) in [6.07, 6.45) is 1.72. The molecule has 2 N–H and O–H groups in total. The molecule has 0 fully saturated rings. The minimum absolute atomic E-state index is 0.118. The van der Waals surface area contributed by atoms with Crippen molar-refractivity contribution >= 4 is 45.0 Å². The normalized spacial score (nSPS) is 10.8. The maximum Gasteiger partial charge on any atom is 0.258 e. The van der Waals surface area contributed by atoms with Crippen molar-refractivity contribution in [3.05, 3.63) is 51.5 Å². The number of aryl methyl sites for hydroxylation is 1. The molecule has 0 saturated carbocycles. The summed E-state index contributed by atoms with van der Waals surface area (Å²) in [6.45, 7) is 1.93. The van der Waals surface area contributed by atoms with Crippen molar-refractivity contribution in [2.45, 2.75) is 12.7 Å². The molecule has 0 radical (unpaired) electrons. The molecule has 6 nitrogen and oxygen atoms in total. The molecule has 3 aromatic rings. The summed E-state index contributed by atoms with van der Waals surface area (Å²) in [5.74, 6) is 1.18. The molecule has 2 heterocycles. The lowest BCUT2D eigenvalue weighted by molar-refractivity contribution is -0.113. The summed E-state index contributed by atoms with van der Waals surface area (Å²) < 4.78 is 0. The van der Waals surface area contributed by atoms with Gasteiger partial charge in [0, 0.05) is 11.1 Å². The third kappa shape index (κ3) is 3.96. The van der Waals surface area contributed by atoms with Gasteiger partial charge < -0.3 is 10.3 Å². The molecule has 0 unspecified atom stereocenters. The smallest absolute Gasteiger partial charge is 0.258 e. The van der Waals surface area contributed by atoms with Gasteiger partial charge in [-0.1, -0.05) is 12.1 Å². The summed E-state index contributed by atoms with van der Waals surface area (Å²) in [4.78, 5) is 36.1. The van der Waals surface area contributed by atoms with Crippen LogP contribution in [0.15, 0.2) is 35.3 Å². The van der Waals surface area contributed by atoms with E-state index in [1.807, 2.05) is 13.0 Å². The lowest BCUT2D eigenvalue weighted by atomic mass is 10.2. The molecule has 0 aliphatic rings. The Bertz CT molecular complexity index is 904. The summed E-state index contributed by atoms with van der Waals surface area (Å²) in [5.41, 5.74) is 0.503. The Morgan fingerprint density at radius 3 is 3.00 bits per heavy atom. The molecule has 2 aromatic heterocycles. The molecule has 0 saturated heterocycles. The molecule has 0 aliphatic carbocycles. The van der Waals surface area contributed by atoms with Gasteiger partial charge in [-0.15, -0.1) is 23.1 Å². The first-order chi connectivity index (χ1) is 11.1. The van der Waals surface area contributed by atoms with E-state index in [0.717, 1.165) is 4.88 Å². The van der Waals surface area contributed by atoms with Gasteiger partial charge in [-0.2, -0.15) is 0 Å². The number of H-pyrrole nitrogens is 1. The fourth-order valence-electron chi connectivity index (χ4n) is 2.01. The van der Waals surface area contributed by atoms with Crippen LogP contribution in [0.25, 0.3) is 10.9 Å². The van der Waals surface area contributed by atoms with E-state index in [-0.39, 0.29) is 17.2 Å². The van der Waals surface area contributed by atoms with Gasteiger partial charge in [-0.05, 0) is 19.1 Å². The van der Waals surface area contributed by atoms with Crippen LogP contribution in [0.2, 0.25) is 0 Å². The molecule has 1 aromatic carbocycles. The average molecular weight is 346 g/mol. The highest BCUT2D eigenvalue weighted by atomic mass is 32.2. The first-order valence-corrected chi connectivity index (χ1v) is 8.87. The number of nitrogens with zero attached hydrogens (tertiary/aromatic N) is 2. The van der Waals surface area contributed by atoms with E-state index in [0.29, 0.717) is 27.6 Å². The number of fused-ring (bicyclic) bond motifs is 1. The Hall–Kier alpha value is -2.19. The predicted octanol–water partition coefficient (Wildman–Crippen LogP) is 2.56. The van der Waals surface area contributed by atoms with Crippen LogP contribution in [0.3, 0.4) is 0 Å². The number of aromatic nitrogens is 3. The van der Waals surface area contributed by atoms with E-state index in [9.17, 15) is 9.59 Å². The highest BCUT2D eigenvalue weighted by Crippen LogP contribution is 2.17. The molecule has 0 aliphatic heterocycles. The summed E-state index contributed by atoms with van der Waals surface area (Å²) in [5, 5.41) is 3.92. The Morgan fingerprint density at radius 2 is 2.22 bits per heavy atom. The van der Waals surface area contributed by atoms with E-state index in [1.165, 1.54) is 23.1 Å². The number of rotatable bonds is 5. The van der Waals surface area contributed by atoms with E-state index in [4.69, 9.17) is 0 Å². The van der Waals surface area contributed by atoms with Crippen molar-refractivity contribution in [3.8, 4) is 0 Å². The highest BCUT2D eigenvalue weighted by Gasteiger charge is 2.07. The van der Waals surface area contributed by atoms with Crippen molar-refractivity contribution in [1.29, 1.82) is 0 Å². The SMILES string of the molecule is Cc1cnc(NC(=O)CSCc2nc3ccccc3c(=O)[nH]2)s1. The van der Waals surface area contributed by atoms with E-state index in [1.54, 1.807) is 24.4 Å². The summed E-state index contributed by atoms with van der Waals surface area (Å²) >= 11 is 2.83. The number of carbonyl (C=O) groups is 1. The van der Waals surface area contributed by atoms with Crippen molar-refractivity contribution in [2.24, 2.45) is 0 Å². The van der Waals surface area contributed by atoms with Crippen molar-refractivity contribution in [3.63, 3.8) is 0 Å². The molecular weight excluding hydrogens is 332 g/mol. The zero-order chi connectivity index (χ0) is 16.2. The van der Waals surface area contributed by atoms with E-state index >= 15 is 0 Å². The quantitative estimate of drug-likeness (QED) is 0.741. The topological polar surface area (TPSA) is 87.7 Å². The van der Waals surface area contributed by atoms with Crippen LogP contribution in [0.1, 0.15) is 10.7 Å². The Morgan fingerprint density at radius 1 is 1.39 bits per heavy atom. The number of anilines is 1. The summed E-state index contributed by atoms with van der Waals surface area (Å²) in [6, 6.07) is 7.19. The fraction of sp³-hybridized carbons (Fsp3) is 0.200. The number of thiazole rings is 1. The maximum atomic E-state index is 11.9. The van der Waals surface area contributed by atoms with Crippen LogP contribution in [-0.4, -0.2) is 26.6 Å². The lowest BCUT2D eigenvalue weighted by Gasteiger charge is -2.03. The number of nitrogens with one attached hydrogen (secondary N) is 2. The Balaban J connectivity index is 1.58. The molecule has 1 amide bonds. The van der Waals surface area contributed by atoms with Crippen LogP contribution >= 0.6 is 23.1 Å². The molecule has 0 atom stereocenters. The number of thioether (sulfide) groups is 1. The molecular formula is C15H14N4O2S2. The first-order valence-electron chi connectivity index (χ1n) is 6.90. The number of para-hydroxylation sites is 1. The van der Waals surface area contributed by atoms with Crippen LogP contribution in [-0.2, 0) is 10.5 Å². The third-order valence-corrected chi connectivity index (χ3v) is 4.77. The van der Waals surface area contributed by atoms with Gasteiger partial charge >= 0.3 is 0 Å². The molecule has 8 heteroatoms. The van der Waals surface area contributed by atoms with Gasteiger partial charge in [0.15, 0.2) is 5.13 Å². The molecule has 0 spiro atoms. The minimum Gasteiger partial charge on any atom is -0.309 e. The second-order valence-electron chi connectivity index (χ2n) is 4.85. The van der Waals surface area contributed by atoms with Gasteiger partial charge in [0.2, 0.25) is 5.91 Å². The number of carbonyl (C=O) groups excluding carboxylic acids is 1. The van der Waals surface area contributed by atoms with Crippen molar-refractivity contribution in [2.75, 3.05) is 11.1 Å². The van der Waals surface area contributed by atoms with E-state index in [2.05, 4.69) is 20.3 Å². The van der Waals surface area contributed by atoms with Gasteiger partial charge in [0.1, 0.15) is 5.82 Å². The third-order valence-electron chi connectivity index (χ3n) is 3.00. The van der Waals surface area contributed by atoms with Gasteiger partial charge in [-0.25, -0.2) is 9.97 Å². The number of amides is 1. The molecule has 23 heavy (non-hydrogen) atoms. The van der Waals surface area contributed by atoms with E-state index < -0.39 is 0 Å². The number of benzene rings is 1. The maximum absolute atomic E-state index is 11.9. The van der Waals surface area contributed by atoms with Gasteiger partial charge in [-0.3, -0.25) is 9.59 Å². The van der Waals surface area contributed by atoms with Crippen LogP contribution in [0, 0.1) is 6.92 Å². The second-order valence-corrected chi connectivity index (χ2v) is 7.07. The fourth-order valence-corrected chi connectivity index (χ4v) is 3.38. The second kappa shape index (κ2) is 6.93. The number of aromatic amines is 1. The minimum atomic E-state index is -0.158. The largest absolute Gasteiger partial charge is 0.309 e. The summed E-state index contributed by atoms with van der Waals surface area (Å²) in [7, 11) is 0. The molecule has 0 bridgehead atoms. The average Bonchev–Trinajstić information content (AvgIpc) is 2.92. The van der Waals surface area contributed by atoms with Gasteiger partial charge in [0.05, 0.1) is 22.4 Å². The van der Waals surface area contributed by atoms with Crippen molar-refractivity contribution < 1.29 is 4.79 Å². The standard InChI is InChI=1S/C15H14N4O2S2/c1-9-6-16-15(23-9)19-13(20)8-22-7-12-17-11-5-3-2-4-10(11)14(21)18-12/h2-6H,7-8H2,1H3,(H,16,19,20)(H,17,18,21). The lowest BCUT2D eigenvalue weighted by Crippen LogP contribution is -2.15. The zero-order valence-electron chi connectivity index (χ0n) is 12.3. The Kier molecular flexibility index (Phi) is 4.73. The van der Waals surface area contributed by atoms with Gasteiger partial charge in [0.25, 0.3) is 5.56 Å². The highest BCUT2D eigenvalue weighted by molar-refractivity contribution is 7.99. The first kappa shape index (κ1) is 15.7. The van der Waals surface area contributed by atoms with Crippen LogP contribution in [0.4, 0.5) is 5.13 Å².